The van der Waals surface area contributed by atoms with Crippen LogP contribution in [0, 0.1) is 0 Å². The van der Waals surface area contributed by atoms with E-state index in [2.05, 4.69) is 18.1 Å². The van der Waals surface area contributed by atoms with Crippen LogP contribution in [-0.4, -0.2) is 30.4 Å². The van der Waals surface area contributed by atoms with E-state index in [1.165, 1.54) is 0 Å². The minimum Gasteiger partial charge on any atom is -0.370 e. The molecule has 0 aromatic rings. The zero-order valence-corrected chi connectivity index (χ0v) is 9.45. The van der Waals surface area contributed by atoms with Crippen LogP contribution >= 0.6 is 0 Å². The van der Waals surface area contributed by atoms with Crippen LogP contribution in [0.1, 0.15) is 25.7 Å². The van der Waals surface area contributed by atoms with Crippen LogP contribution in [0.5, 0.6) is 0 Å². The van der Waals surface area contributed by atoms with Crippen LogP contribution in [0.25, 0.3) is 0 Å². The van der Waals surface area contributed by atoms with E-state index in [9.17, 15) is 4.79 Å². The van der Waals surface area contributed by atoms with Crippen LogP contribution in [0.4, 0.5) is 0 Å². The summed E-state index contributed by atoms with van der Waals surface area (Å²) < 4.78 is 0. The van der Waals surface area contributed by atoms with Gasteiger partial charge in [0.1, 0.15) is 0 Å². The molecule has 0 aromatic heterocycles. The Hall–Kier alpha value is -1.09. The predicted octanol–water partition coefficient (Wildman–Crippen LogP) is 1.71. The average Bonchev–Trinajstić information content (AvgIpc) is 2.17. The molecule has 0 saturated carbocycles. The number of carbonyl (C=O) groups is 1. The van der Waals surface area contributed by atoms with Gasteiger partial charge in [-0.25, -0.2) is 0 Å². The lowest BCUT2D eigenvalue weighted by Crippen LogP contribution is -2.25. The maximum Gasteiger partial charge on any atom is 0.217 e. The van der Waals surface area contributed by atoms with Gasteiger partial charge in [-0.3, -0.25) is 9.69 Å². The number of hydrogen-bond donors (Lipinski definition) is 1. The monoisotopic (exact) mass is 210 g/mol. The van der Waals surface area contributed by atoms with E-state index in [1.807, 2.05) is 12.2 Å². The number of nitrogens with zero attached hydrogens (tertiary/aromatic N) is 1. The second-order valence-corrected chi connectivity index (χ2v) is 3.61. The van der Waals surface area contributed by atoms with Gasteiger partial charge in [0.25, 0.3) is 0 Å². The smallest absolute Gasteiger partial charge is 0.217 e. The normalized spacial score (nSPS) is 10.2. The van der Waals surface area contributed by atoms with Crippen molar-refractivity contribution in [2.75, 3.05) is 19.6 Å². The molecule has 0 aliphatic heterocycles. The molecule has 0 aromatic carbocycles. The first kappa shape index (κ1) is 13.9. The van der Waals surface area contributed by atoms with Crippen LogP contribution in [0.2, 0.25) is 0 Å². The van der Waals surface area contributed by atoms with E-state index < -0.39 is 0 Å². The fraction of sp³-hybridized carbons (Fsp3) is 0.583. The molecule has 0 heterocycles. The summed E-state index contributed by atoms with van der Waals surface area (Å²) in [6.45, 7) is 10.2. The highest BCUT2D eigenvalue weighted by Crippen LogP contribution is 2.01. The third-order valence-electron chi connectivity index (χ3n) is 2.17. The lowest BCUT2D eigenvalue weighted by Gasteiger charge is -2.18. The van der Waals surface area contributed by atoms with Gasteiger partial charge in [-0.2, -0.15) is 0 Å². The standard InChI is InChI=1S/C12H22N2O/c1-3-9-14(10-4-2)11-7-5-6-8-12(13)15/h3-4H,1-2,5-11H2,(H2,13,15). The number of amides is 1. The van der Waals surface area contributed by atoms with E-state index in [-0.39, 0.29) is 5.91 Å². The van der Waals surface area contributed by atoms with Crippen LogP contribution in [0.15, 0.2) is 25.3 Å². The zero-order valence-electron chi connectivity index (χ0n) is 9.45. The minimum absolute atomic E-state index is 0.205. The molecule has 0 rings (SSSR count). The summed E-state index contributed by atoms with van der Waals surface area (Å²) in [6, 6.07) is 0. The Morgan fingerprint density at radius 1 is 1.13 bits per heavy atom. The zero-order chi connectivity index (χ0) is 11.5. The topological polar surface area (TPSA) is 46.3 Å². The summed E-state index contributed by atoms with van der Waals surface area (Å²) in [4.78, 5) is 12.8. The number of hydrogen-bond acceptors (Lipinski definition) is 2. The minimum atomic E-state index is -0.205. The fourth-order valence-electron chi connectivity index (χ4n) is 1.43. The molecule has 0 atom stereocenters. The van der Waals surface area contributed by atoms with E-state index in [1.54, 1.807) is 0 Å². The lowest BCUT2D eigenvalue weighted by molar-refractivity contribution is -0.118. The van der Waals surface area contributed by atoms with Gasteiger partial charge < -0.3 is 5.73 Å². The summed E-state index contributed by atoms with van der Waals surface area (Å²) in [5, 5.41) is 0. The molecule has 2 N–H and O–H groups in total. The Morgan fingerprint density at radius 3 is 2.20 bits per heavy atom. The van der Waals surface area contributed by atoms with E-state index in [0.29, 0.717) is 6.42 Å². The molecule has 1 amide bonds. The SMILES string of the molecule is C=CCN(CC=C)CCCCCC(N)=O. The van der Waals surface area contributed by atoms with Gasteiger partial charge in [-0.1, -0.05) is 18.6 Å². The van der Waals surface area contributed by atoms with Crippen LogP contribution in [0.3, 0.4) is 0 Å². The van der Waals surface area contributed by atoms with Crippen molar-refractivity contribution in [2.24, 2.45) is 5.73 Å². The van der Waals surface area contributed by atoms with Crippen molar-refractivity contribution in [3.8, 4) is 0 Å². The molecule has 0 saturated heterocycles. The van der Waals surface area contributed by atoms with Gasteiger partial charge in [0.2, 0.25) is 5.91 Å². The van der Waals surface area contributed by atoms with Gasteiger partial charge in [-0.15, -0.1) is 13.2 Å². The molecule has 0 bridgehead atoms. The Kier molecular flexibility index (Phi) is 8.78. The molecule has 0 spiro atoms. The third kappa shape index (κ3) is 9.22. The number of rotatable bonds is 10. The first-order valence-corrected chi connectivity index (χ1v) is 5.43. The van der Waals surface area contributed by atoms with E-state index >= 15 is 0 Å². The summed E-state index contributed by atoms with van der Waals surface area (Å²) in [7, 11) is 0. The lowest BCUT2D eigenvalue weighted by atomic mass is 10.2. The molecule has 0 fully saturated rings. The third-order valence-corrected chi connectivity index (χ3v) is 2.17. The number of primary amides is 1. The van der Waals surface area contributed by atoms with Crippen LogP contribution in [-0.2, 0) is 4.79 Å². The van der Waals surface area contributed by atoms with E-state index in [4.69, 9.17) is 5.73 Å². The van der Waals surface area contributed by atoms with Gasteiger partial charge >= 0.3 is 0 Å². The summed E-state index contributed by atoms with van der Waals surface area (Å²) in [5.41, 5.74) is 5.05. The molecule has 0 aliphatic carbocycles. The van der Waals surface area contributed by atoms with Crippen molar-refractivity contribution in [2.45, 2.75) is 25.7 Å². The van der Waals surface area contributed by atoms with Gasteiger partial charge in [0, 0.05) is 19.5 Å². The molecule has 3 nitrogen and oxygen atoms in total. The maximum absolute atomic E-state index is 10.5. The Balaban J connectivity index is 3.47. The van der Waals surface area contributed by atoms with Crippen molar-refractivity contribution < 1.29 is 4.79 Å². The maximum atomic E-state index is 10.5. The van der Waals surface area contributed by atoms with E-state index in [0.717, 1.165) is 38.9 Å². The van der Waals surface area contributed by atoms with Crippen molar-refractivity contribution in [3.63, 3.8) is 0 Å². The predicted molar refractivity (Wildman–Crippen MR) is 64.5 cm³/mol. The second-order valence-electron chi connectivity index (χ2n) is 3.61. The summed E-state index contributed by atoms with van der Waals surface area (Å²) >= 11 is 0. The Bertz CT molecular complexity index is 192. The molecular weight excluding hydrogens is 188 g/mol. The molecular formula is C12H22N2O. The summed E-state index contributed by atoms with van der Waals surface area (Å²) in [5.74, 6) is -0.205. The van der Waals surface area contributed by atoms with Gasteiger partial charge in [0.15, 0.2) is 0 Å². The number of unbranched alkanes of at least 4 members (excludes halogenated alkanes) is 2. The average molecular weight is 210 g/mol. The molecule has 0 aliphatic rings. The van der Waals surface area contributed by atoms with Gasteiger partial charge in [-0.05, 0) is 19.4 Å². The first-order valence-electron chi connectivity index (χ1n) is 5.43. The Labute approximate surface area is 92.6 Å². The van der Waals surface area contributed by atoms with Crippen molar-refractivity contribution in [3.05, 3.63) is 25.3 Å². The Morgan fingerprint density at radius 2 is 1.73 bits per heavy atom. The number of carbonyl (C=O) groups excluding carboxylic acids is 1. The van der Waals surface area contributed by atoms with Crippen molar-refractivity contribution in [1.29, 1.82) is 0 Å². The van der Waals surface area contributed by atoms with Gasteiger partial charge in [0.05, 0.1) is 0 Å². The molecule has 86 valence electrons. The molecule has 0 radical (unpaired) electrons. The first-order chi connectivity index (χ1) is 7.20. The molecule has 0 unspecified atom stereocenters. The highest BCUT2D eigenvalue weighted by atomic mass is 16.1. The van der Waals surface area contributed by atoms with Crippen LogP contribution < -0.4 is 5.73 Å². The molecule has 3 heteroatoms. The van der Waals surface area contributed by atoms with Crippen molar-refractivity contribution in [1.82, 2.24) is 4.90 Å². The summed E-state index contributed by atoms with van der Waals surface area (Å²) in [6.07, 6.45) is 7.33. The largest absolute Gasteiger partial charge is 0.370 e. The second kappa shape index (κ2) is 9.46. The number of nitrogens with two attached hydrogens (primary N) is 1. The molecule has 15 heavy (non-hydrogen) atoms. The van der Waals surface area contributed by atoms with Crippen molar-refractivity contribution >= 4 is 5.91 Å². The fourth-order valence-corrected chi connectivity index (χ4v) is 1.43. The highest BCUT2D eigenvalue weighted by molar-refractivity contribution is 5.73. The highest BCUT2D eigenvalue weighted by Gasteiger charge is 2.00. The quantitative estimate of drug-likeness (QED) is 0.441.